The van der Waals surface area contributed by atoms with Gasteiger partial charge in [0.1, 0.15) is 30.2 Å². The summed E-state index contributed by atoms with van der Waals surface area (Å²) in [6, 6.07) is 13.6. The number of rotatable bonds is 7. The zero-order valence-corrected chi connectivity index (χ0v) is 20.1. The van der Waals surface area contributed by atoms with E-state index in [1.54, 1.807) is 25.4 Å². The number of nitrogens with zero attached hydrogens (tertiary/aromatic N) is 2. The van der Waals surface area contributed by atoms with Gasteiger partial charge in [-0.1, -0.05) is 6.08 Å². The van der Waals surface area contributed by atoms with Gasteiger partial charge in [0.2, 0.25) is 0 Å². The van der Waals surface area contributed by atoms with E-state index in [2.05, 4.69) is 16.3 Å². The molecule has 1 N–H and O–H groups in total. The van der Waals surface area contributed by atoms with E-state index in [1.165, 1.54) is 12.1 Å². The van der Waals surface area contributed by atoms with Crippen LogP contribution in [-0.4, -0.2) is 47.2 Å². The Hall–Kier alpha value is -3.10. The van der Waals surface area contributed by atoms with Crippen molar-refractivity contribution in [1.29, 1.82) is 0 Å². The summed E-state index contributed by atoms with van der Waals surface area (Å²) in [5.74, 6) is 1.25. The van der Waals surface area contributed by atoms with E-state index < -0.39 is 12.5 Å². The summed E-state index contributed by atoms with van der Waals surface area (Å²) in [5, 5.41) is 12.7. The molecule has 0 aliphatic carbocycles. The van der Waals surface area contributed by atoms with Gasteiger partial charge in [-0.2, -0.15) is 0 Å². The number of benzene rings is 2. The normalized spacial score (nSPS) is 26.5. The highest BCUT2D eigenvalue weighted by Crippen LogP contribution is 2.48. The lowest BCUT2D eigenvalue weighted by Gasteiger charge is -2.58. The van der Waals surface area contributed by atoms with Crippen molar-refractivity contribution in [2.45, 2.75) is 37.9 Å². The maximum atomic E-state index is 12.6. The molecule has 0 radical (unpaired) electrons. The minimum absolute atomic E-state index is 0.0668. The number of halogens is 3. The monoisotopic (exact) mass is 499 g/mol. The fourth-order valence-corrected chi connectivity index (χ4v) is 6.28. The van der Waals surface area contributed by atoms with Crippen LogP contribution in [0.15, 0.2) is 67.4 Å². The number of aliphatic hydroxyl groups excluding tert-OH is 1. The predicted octanol–water partition coefficient (Wildman–Crippen LogP) is 5.79. The van der Waals surface area contributed by atoms with Gasteiger partial charge in [0, 0.05) is 35.9 Å². The number of piperidine rings is 3. The predicted molar refractivity (Wildman–Crippen MR) is 130 cm³/mol. The van der Waals surface area contributed by atoms with Crippen molar-refractivity contribution >= 4 is 10.9 Å². The first-order valence-electron chi connectivity index (χ1n) is 12.1. The Labute approximate surface area is 208 Å². The average Bonchev–Trinajstić information content (AvgIpc) is 2.87. The number of pyridine rings is 1. The number of aliphatic hydroxyl groups is 1. The van der Waals surface area contributed by atoms with E-state index in [1.807, 2.05) is 30.3 Å². The lowest BCUT2D eigenvalue weighted by molar-refractivity contribution is -0.984. The summed E-state index contributed by atoms with van der Waals surface area (Å²) in [6.07, 6.45) is 0.164. The molecule has 0 spiro atoms. The lowest BCUT2D eigenvalue weighted by Crippen LogP contribution is -2.67. The second-order valence-electron chi connectivity index (χ2n) is 9.95. The molecule has 0 saturated carbocycles. The van der Waals surface area contributed by atoms with Gasteiger partial charge in [-0.15, -0.1) is 19.8 Å². The maximum absolute atomic E-state index is 12.6. The number of aromatic nitrogens is 1. The van der Waals surface area contributed by atoms with E-state index in [0.717, 1.165) is 48.0 Å². The molecule has 3 saturated heterocycles. The van der Waals surface area contributed by atoms with Crippen LogP contribution in [0.4, 0.5) is 13.2 Å². The van der Waals surface area contributed by atoms with Crippen LogP contribution in [0.1, 0.15) is 30.1 Å². The third-order valence-electron chi connectivity index (χ3n) is 8.00. The lowest BCUT2D eigenvalue weighted by atomic mass is 9.71. The Kier molecular flexibility index (Phi) is 6.43. The molecule has 0 amide bonds. The Morgan fingerprint density at radius 1 is 1.17 bits per heavy atom. The zero-order valence-electron chi connectivity index (χ0n) is 20.1. The van der Waals surface area contributed by atoms with E-state index in [0.29, 0.717) is 28.6 Å². The minimum atomic E-state index is -4.72. The fourth-order valence-electron chi connectivity index (χ4n) is 6.28. The first kappa shape index (κ1) is 24.6. The SMILES string of the molecule is C=CC1C[N+]2(Cc3ccc(OC(F)(F)F)cc3)CCC1CC2C(O)c1ccnc2ccc(OC)cc12. The molecule has 2 aromatic carbocycles. The molecule has 3 aliphatic rings. The third-order valence-corrected chi connectivity index (χ3v) is 8.00. The standard InChI is InChI=1S/C28H30F3N2O3/c1-3-19-17-33(16-18-4-6-21(7-5-18)36-28(29,30)31)13-11-20(19)14-26(33)27(34)23-10-12-32-25-9-8-22(35-2)15-24(23)25/h3-10,12,15,19-20,26-27,34H,1,11,13-14,16-17H2,2H3/q+1. The van der Waals surface area contributed by atoms with Crippen LogP contribution in [0.3, 0.4) is 0 Å². The van der Waals surface area contributed by atoms with Gasteiger partial charge in [0.05, 0.1) is 25.7 Å². The molecule has 3 fully saturated rings. The van der Waals surface area contributed by atoms with Crippen LogP contribution < -0.4 is 9.47 Å². The van der Waals surface area contributed by atoms with Crippen molar-refractivity contribution in [3.05, 3.63) is 78.5 Å². The molecule has 6 rings (SSSR count). The molecule has 2 bridgehead atoms. The van der Waals surface area contributed by atoms with E-state index in [4.69, 9.17) is 4.74 Å². The smallest absolute Gasteiger partial charge is 0.497 e. The molecule has 190 valence electrons. The maximum Gasteiger partial charge on any atom is 0.573 e. The molecular formula is C28H30F3N2O3+. The zero-order chi connectivity index (χ0) is 25.5. The summed E-state index contributed by atoms with van der Waals surface area (Å²) in [5.41, 5.74) is 2.52. The molecule has 3 aliphatic heterocycles. The Morgan fingerprint density at radius 2 is 1.92 bits per heavy atom. The van der Waals surface area contributed by atoms with Crippen molar-refractivity contribution in [2.75, 3.05) is 20.2 Å². The quantitative estimate of drug-likeness (QED) is 0.330. The Balaban J connectivity index is 1.49. The number of hydrogen-bond acceptors (Lipinski definition) is 4. The fraction of sp³-hybridized carbons (Fsp3) is 0.393. The Morgan fingerprint density at radius 3 is 2.61 bits per heavy atom. The van der Waals surface area contributed by atoms with Gasteiger partial charge >= 0.3 is 6.36 Å². The van der Waals surface area contributed by atoms with Crippen LogP contribution in [0.2, 0.25) is 0 Å². The molecule has 36 heavy (non-hydrogen) atoms. The van der Waals surface area contributed by atoms with Crippen LogP contribution in [0.5, 0.6) is 11.5 Å². The highest BCUT2D eigenvalue weighted by molar-refractivity contribution is 5.83. The van der Waals surface area contributed by atoms with Gasteiger partial charge in [-0.3, -0.25) is 4.98 Å². The van der Waals surface area contributed by atoms with Gasteiger partial charge in [-0.05, 0) is 60.0 Å². The van der Waals surface area contributed by atoms with Crippen molar-refractivity contribution in [3.63, 3.8) is 0 Å². The van der Waals surface area contributed by atoms with Crippen molar-refractivity contribution in [1.82, 2.24) is 4.98 Å². The van der Waals surface area contributed by atoms with Crippen LogP contribution >= 0.6 is 0 Å². The third kappa shape index (κ3) is 4.67. The van der Waals surface area contributed by atoms with Crippen molar-refractivity contribution in [3.8, 4) is 11.5 Å². The number of hydrogen-bond donors (Lipinski definition) is 1. The second-order valence-corrected chi connectivity index (χ2v) is 9.95. The topological polar surface area (TPSA) is 51.6 Å². The minimum Gasteiger partial charge on any atom is -0.497 e. The molecule has 3 aromatic rings. The molecule has 5 unspecified atom stereocenters. The number of quaternary nitrogens is 1. The number of alkyl halides is 3. The molecule has 4 heterocycles. The van der Waals surface area contributed by atoms with Crippen LogP contribution in [0.25, 0.3) is 10.9 Å². The summed E-state index contributed by atoms with van der Waals surface area (Å²) in [4.78, 5) is 4.46. The number of fused-ring (bicyclic) bond motifs is 4. The largest absolute Gasteiger partial charge is 0.573 e. The first-order valence-corrected chi connectivity index (χ1v) is 12.1. The second kappa shape index (κ2) is 9.41. The summed E-state index contributed by atoms with van der Waals surface area (Å²) >= 11 is 0. The first-order chi connectivity index (χ1) is 17.2. The molecule has 5 atom stereocenters. The molecule has 1 aromatic heterocycles. The van der Waals surface area contributed by atoms with Crippen molar-refractivity contribution < 1.29 is 32.2 Å². The van der Waals surface area contributed by atoms with Crippen LogP contribution in [0, 0.1) is 11.8 Å². The van der Waals surface area contributed by atoms with Gasteiger partial charge in [0.15, 0.2) is 0 Å². The van der Waals surface area contributed by atoms with Crippen LogP contribution in [-0.2, 0) is 6.54 Å². The summed E-state index contributed by atoms with van der Waals surface area (Å²) in [7, 11) is 1.61. The van der Waals surface area contributed by atoms with Crippen molar-refractivity contribution in [2.24, 2.45) is 11.8 Å². The summed E-state index contributed by atoms with van der Waals surface area (Å²) < 4.78 is 47.9. The Bertz CT molecular complexity index is 1250. The highest BCUT2D eigenvalue weighted by Gasteiger charge is 2.54. The number of methoxy groups -OCH3 is 1. The number of ether oxygens (including phenoxy) is 2. The van der Waals surface area contributed by atoms with E-state index in [9.17, 15) is 18.3 Å². The van der Waals surface area contributed by atoms with Gasteiger partial charge < -0.3 is 19.1 Å². The summed E-state index contributed by atoms with van der Waals surface area (Å²) in [6.45, 7) is 6.39. The van der Waals surface area contributed by atoms with Gasteiger partial charge in [-0.25, -0.2) is 0 Å². The van der Waals surface area contributed by atoms with E-state index >= 15 is 0 Å². The van der Waals surface area contributed by atoms with E-state index in [-0.39, 0.29) is 11.8 Å². The highest BCUT2D eigenvalue weighted by atomic mass is 19.4. The van der Waals surface area contributed by atoms with Gasteiger partial charge in [0.25, 0.3) is 0 Å². The average molecular weight is 500 g/mol. The molecule has 5 nitrogen and oxygen atoms in total. The molecule has 8 heteroatoms. The molecular weight excluding hydrogens is 469 g/mol.